The number of hydrogen-bond donors (Lipinski definition) is 2. The molecule has 6 nitrogen and oxygen atoms in total. The minimum Gasteiger partial charge on any atom is -0.493 e. The Bertz CT molecular complexity index is 1050. The molecule has 1 aromatic heterocycles. The zero-order chi connectivity index (χ0) is 19.1. The maximum atomic E-state index is 14.4. The van der Waals surface area contributed by atoms with Gasteiger partial charge < -0.3 is 19.8 Å². The first-order valence-electron chi connectivity index (χ1n) is 8.47. The zero-order valence-electron chi connectivity index (χ0n) is 14.7. The van der Waals surface area contributed by atoms with Gasteiger partial charge in [-0.1, -0.05) is 0 Å². The number of carbonyl (C=O) groups is 1. The highest BCUT2D eigenvalue weighted by atomic mass is 19.1. The van der Waals surface area contributed by atoms with Crippen LogP contribution in [0.5, 0.6) is 11.5 Å². The Balaban J connectivity index is 1.80. The van der Waals surface area contributed by atoms with Gasteiger partial charge in [-0.2, -0.15) is 0 Å². The van der Waals surface area contributed by atoms with Crippen molar-refractivity contribution < 1.29 is 23.0 Å². The molecule has 0 fully saturated rings. The molecule has 27 heavy (non-hydrogen) atoms. The fourth-order valence-corrected chi connectivity index (χ4v) is 3.26. The van der Waals surface area contributed by atoms with Crippen molar-refractivity contribution in [1.82, 2.24) is 15.3 Å². The molecular formula is C19H17F2N3O3. The number of benzene rings is 2. The first kappa shape index (κ1) is 17.3. The lowest BCUT2D eigenvalue weighted by atomic mass is 10.0. The van der Waals surface area contributed by atoms with Gasteiger partial charge in [0.1, 0.15) is 40.6 Å². The third-order valence-electron chi connectivity index (χ3n) is 4.44. The summed E-state index contributed by atoms with van der Waals surface area (Å²) in [5, 5.41) is 2.56. The lowest BCUT2D eigenvalue weighted by molar-refractivity contribution is 0.0961. The quantitative estimate of drug-likeness (QED) is 0.738. The van der Waals surface area contributed by atoms with Crippen LogP contribution < -0.4 is 14.8 Å². The number of aryl methyl sites for hydroxylation is 1. The van der Waals surface area contributed by atoms with Crippen LogP contribution in [0.3, 0.4) is 0 Å². The predicted molar refractivity (Wildman–Crippen MR) is 94.1 cm³/mol. The van der Waals surface area contributed by atoms with Crippen molar-refractivity contribution in [2.45, 2.75) is 19.4 Å². The van der Waals surface area contributed by atoms with Crippen molar-refractivity contribution in [2.24, 2.45) is 0 Å². The summed E-state index contributed by atoms with van der Waals surface area (Å²) in [7, 11) is 1.53. The average molecular weight is 373 g/mol. The molecule has 0 radical (unpaired) electrons. The smallest absolute Gasteiger partial charge is 0.251 e. The van der Waals surface area contributed by atoms with Crippen molar-refractivity contribution in [1.29, 1.82) is 0 Å². The van der Waals surface area contributed by atoms with Crippen LogP contribution in [0.1, 0.15) is 34.3 Å². The van der Waals surface area contributed by atoms with Crippen LogP contribution >= 0.6 is 0 Å². The number of ether oxygens (including phenoxy) is 2. The number of halogens is 2. The SMILES string of the molecule is CNC(=O)c1cc(OC2CCOc3cc(F)cc(F)c32)c2nc(C)[nH]c2c1. The van der Waals surface area contributed by atoms with Gasteiger partial charge in [0.05, 0.1) is 17.7 Å². The van der Waals surface area contributed by atoms with Gasteiger partial charge in [0.2, 0.25) is 0 Å². The third-order valence-corrected chi connectivity index (χ3v) is 4.44. The van der Waals surface area contributed by atoms with E-state index in [9.17, 15) is 13.6 Å². The lowest BCUT2D eigenvalue weighted by Gasteiger charge is -2.27. The summed E-state index contributed by atoms with van der Waals surface area (Å²) in [6.45, 7) is 2.05. The minimum atomic E-state index is -0.730. The predicted octanol–water partition coefficient (Wildman–Crippen LogP) is 3.41. The fraction of sp³-hybridized carbons (Fsp3) is 0.263. The molecular weight excluding hydrogens is 356 g/mol. The molecule has 0 spiro atoms. The second-order valence-electron chi connectivity index (χ2n) is 6.31. The number of aromatic amines is 1. The zero-order valence-corrected chi connectivity index (χ0v) is 14.7. The van der Waals surface area contributed by atoms with Crippen molar-refractivity contribution in [3.05, 3.63) is 52.9 Å². The molecule has 2 heterocycles. The summed E-state index contributed by atoms with van der Waals surface area (Å²) < 4.78 is 39.3. The van der Waals surface area contributed by atoms with Crippen LogP contribution in [0.25, 0.3) is 11.0 Å². The Labute approximate surface area is 153 Å². The van der Waals surface area contributed by atoms with Gasteiger partial charge in [0.15, 0.2) is 0 Å². The van der Waals surface area contributed by atoms with Gasteiger partial charge in [-0.25, -0.2) is 13.8 Å². The molecule has 0 saturated carbocycles. The maximum absolute atomic E-state index is 14.4. The van der Waals surface area contributed by atoms with E-state index in [-0.39, 0.29) is 23.8 Å². The summed E-state index contributed by atoms with van der Waals surface area (Å²) >= 11 is 0. The molecule has 0 aliphatic carbocycles. The Morgan fingerprint density at radius 2 is 2.15 bits per heavy atom. The summed E-state index contributed by atoms with van der Waals surface area (Å²) in [6.07, 6.45) is -0.306. The average Bonchev–Trinajstić information content (AvgIpc) is 3.01. The number of fused-ring (bicyclic) bond motifs is 2. The van der Waals surface area contributed by atoms with Crippen LogP contribution in [0.15, 0.2) is 24.3 Å². The molecule has 1 amide bonds. The van der Waals surface area contributed by atoms with Crippen LogP contribution in [0.2, 0.25) is 0 Å². The number of amides is 1. The molecule has 140 valence electrons. The normalized spacial score (nSPS) is 15.9. The van der Waals surface area contributed by atoms with E-state index in [1.807, 2.05) is 0 Å². The highest BCUT2D eigenvalue weighted by Gasteiger charge is 2.29. The van der Waals surface area contributed by atoms with Gasteiger partial charge >= 0.3 is 0 Å². The first-order valence-corrected chi connectivity index (χ1v) is 8.47. The number of rotatable bonds is 3. The molecule has 1 aliphatic heterocycles. The number of carbonyl (C=O) groups excluding carboxylic acids is 1. The van der Waals surface area contributed by atoms with Gasteiger partial charge in [-0.3, -0.25) is 4.79 Å². The largest absolute Gasteiger partial charge is 0.493 e. The summed E-state index contributed by atoms with van der Waals surface area (Å²) in [5.41, 5.74) is 1.72. The molecule has 3 aromatic rings. The van der Waals surface area contributed by atoms with Crippen LogP contribution in [-0.2, 0) is 0 Å². The number of hydrogen-bond acceptors (Lipinski definition) is 4. The van der Waals surface area contributed by atoms with Gasteiger partial charge in [-0.05, 0) is 19.1 Å². The summed E-state index contributed by atoms with van der Waals surface area (Å²) in [5.74, 6) is -0.595. The van der Waals surface area contributed by atoms with Crippen LogP contribution in [0, 0.1) is 18.6 Å². The monoisotopic (exact) mass is 373 g/mol. The number of nitrogens with one attached hydrogen (secondary N) is 2. The second-order valence-corrected chi connectivity index (χ2v) is 6.31. The Kier molecular flexibility index (Phi) is 4.18. The van der Waals surface area contributed by atoms with E-state index >= 15 is 0 Å². The summed E-state index contributed by atoms with van der Waals surface area (Å²) in [4.78, 5) is 19.5. The minimum absolute atomic E-state index is 0.126. The maximum Gasteiger partial charge on any atom is 0.251 e. The highest BCUT2D eigenvalue weighted by molar-refractivity contribution is 5.99. The Morgan fingerprint density at radius 1 is 1.33 bits per heavy atom. The van der Waals surface area contributed by atoms with Crippen molar-refractivity contribution in [3.63, 3.8) is 0 Å². The number of H-pyrrole nitrogens is 1. The van der Waals surface area contributed by atoms with E-state index in [0.717, 1.165) is 12.1 Å². The van der Waals surface area contributed by atoms with E-state index in [1.165, 1.54) is 7.05 Å². The Hall–Kier alpha value is -3.16. The standard InChI is InChI=1S/C19H17F2N3O3/c1-9-23-13-5-10(19(25)22-2)6-16(18(13)24-9)27-14-3-4-26-15-8-11(20)7-12(21)17(14)15/h5-8,14H,3-4H2,1-2H3,(H,22,25)(H,23,24). The first-order chi connectivity index (χ1) is 13.0. The molecule has 2 aromatic carbocycles. The van der Waals surface area contributed by atoms with Gasteiger partial charge in [0.25, 0.3) is 5.91 Å². The highest BCUT2D eigenvalue weighted by Crippen LogP contribution is 2.39. The number of nitrogens with zero attached hydrogens (tertiary/aromatic N) is 1. The van der Waals surface area contributed by atoms with E-state index in [0.29, 0.717) is 34.6 Å². The van der Waals surface area contributed by atoms with E-state index < -0.39 is 17.7 Å². The van der Waals surface area contributed by atoms with Crippen molar-refractivity contribution in [3.8, 4) is 11.5 Å². The molecule has 8 heteroatoms. The Morgan fingerprint density at radius 3 is 2.93 bits per heavy atom. The van der Waals surface area contributed by atoms with Gasteiger partial charge in [0, 0.05) is 31.2 Å². The molecule has 0 bridgehead atoms. The number of aromatic nitrogens is 2. The molecule has 0 saturated heterocycles. The molecule has 2 N–H and O–H groups in total. The second kappa shape index (κ2) is 6.53. The lowest BCUT2D eigenvalue weighted by Crippen LogP contribution is -2.21. The van der Waals surface area contributed by atoms with Crippen molar-refractivity contribution >= 4 is 16.9 Å². The van der Waals surface area contributed by atoms with E-state index in [1.54, 1.807) is 19.1 Å². The third kappa shape index (κ3) is 3.07. The molecule has 4 rings (SSSR count). The van der Waals surface area contributed by atoms with Crippen LogP contribution in [0.4, 0.5) is 8.78 Å². The van der Waals surface area contributed by atoms with Crippen LogP contribution in [-0.4, -0.2) is 29.5 Å². The topological polar surface area (TPSA) is 76.2 Å². The number of imidazole rings is 1. The van der Waals surface area contributed by atoms with E-state index in [2.05, 4.69) is 15.3 Å². The van der Waals surface area contributed by atoms with E-state index in [4.69, 9.17) is 9.47 Å². The molecule has 1 aliphatic rings. The molecule has 1 unspecified atom stereocenters. The van der Waals surface area contributed by atoms with Gasteiger partial charge in [-0.15, -0.1) is 0 Å². The summed E-state index contributed by atoms with van der Waals surface area (Å²) in [6, 6.07) is 5.19. The fourth-order valence-electron chi connectivity index (χ4n) is 3.26. The van der Waals surface area contributed by atoms with Crippen molar-refractivity contribution in [2.75, 3.05) is 13.7 Å². The molecule has 1 atom stereocenters.